The SMILES string of the molecule is CNc1nc(NCCCC(N)=O)c(F)cc1F. The molecule has 1 rings (SSSR count). The van der Waals surface area contributed by atoms with Gasteiger partial charge in [-0.2, -0.15) is 0 Å². The summed E-state index contributed by atoms with van der Waals surface area (Å²) in [6, 6.07) is 0.745. The summed E-state index contributed by atoms with van der Waals surface area (Å²) in [7, 11) is 1.49. The van der Waals surface area contributed by atoms with E-state index in [1.54, 1.807) is 0 Å². The topological polar surface area (TPSA) is 80.0 Å². The molecular formula is C10H14F2N4O. The van der Waals surface area contributed by atoms with Crippen molar-refractivity contribution in [3.05, 3.63) is 17.7 Å². The average molecular weight is 244 g/mol. The van der Waals surface area contributed by atoms with E-state index < -0.39 is 17.5 Å². The zero-order chi connectivity index (χ0) is 12.8. The number of pyridine rings is 1. The van der Waals surface area contributed by atoms with Gasteiger partial charge < -0.3 is 16.4 Å². The van der Waals surface area contributed by atoms with Gasteiger partial charge >= 0.3 is 0 Å². The van der Waals surface area contributed by atoms with Gasteiger partial charge in [-0.15, -0.1) is 0 Å². The lowest BCUT2D eigenvalue weighted by Crippen LogP contribution is -2.14. The Kier molecular flexibility index (Phi) is 4.62. The first-order valence-corrected chi connectivity index (χ1v) is 5.10. The third-order valence-electron chi connectivity index (χ3n) is 2.06. The molecule has 17 heavy (non-hydrogen) atoms. The van der Waals surface area contributed by atoms with Crippen molar-refractivity contribution in [1.82, 2.24) is 4.98 Å². The van der Waals surface area contributed by atoms with Crippen molar-refractivity contribution >= 4 is 17.5 Å². The van der Waals surface area contributed by atoms with E-state index in [1.807, 2.05) is 0 Å². The highest BCUT2D eigenvalue weighted by Crippen LogP contribution is 2.18. The Morgan fingerprint density at radius 1 is 1.41 bits per heavy atom. The van der Waals surface area contributed by atoms with E-state index in [-0.39, 0.29) is 18.1 Å². The van der Waals surface area contributed by atoms with Crippen LogP contribution in [0.5, 0.6) is 0 Å². The van der Waals surface area contributed by atoms with E-state index in [0.29, 0.717) is 13.0 Å². The lowest BCUT2D eigenvalue weighted by Gasteiger charge is -2.08. The quantitative estimate of drug-likeness (QED) is 0.654. The van der Waals surface area contributed by atoms with E-state index in [4.69, 9.17) is 5.73 Å². The summed E-state index contributed by atoms with van der Waals surface area (Å²) in [5.74, 6) is -2.05. The number of hydrogen-bond donors (Lipinski definition) is 3. The molecule has 7 heteroatoms. The molecule has 5 nitrogen and oxygen atoms in total. The van der Waals surface area contributed by atoms with Crippen molar-refractivity contribution < 1.29 is 13.6 Å². The summed E-state index contributed by atoms with van der Waals surface area (Å²) < 4.78 is 26.3. The van der Waals surface area contributed by atoms with Gasteiger partial charge in [0.05, 0.1) is 0 Å². The smallest absolute Gasteiger partial charge is 0.217 e. The largest absolute Gasteiger partial charge is 0.371 e. The molecule has 0 saturated carbocycles. The molecule has 4 N–H and O–H groups in total. The number of halogens is 2. The lowest BCUT2D eigenvalue weighted by atomic mass is 10.3. The van der Waals surface area contributed by atoms with E-state index in [1.165, 1.54) is 7.05 Å². The van der Waals surface area contributed by atoms with E-state index in [9.17, 15) is 13.6 Å². The average Bonchev–Trinajstić information content (AvgIpc) is 2.26. The third kappa shape index (κ3) is 3.86. The van der Waals surface area contributed by atoms with Crippen molar-refractivity contribution in [2.75, 3.05) is 24.2 Å². The second-order valence-corrected chi connectivity index (χ2v) is 3.40. The first-order chi connectivity index (χ1) is 8.04. The number of hydrogen-bond acceptors (Lipinski definition) is 4. The van der Waals surface area contributed by atoms with Crippen LogP contribution in [0.3, 0.4) is 0 Å². The van der Waals surface area contributed by atoms with Crippen LogP contribution in [0, 0.1) is 11.6 Å². The van der Waals surface area contributed by atoms with Crippen LogP contribution in [-0.2, 0) is 4.79 Å². The number of aromatic nitrogens is 1. The Hall–Kier alpha value is -1.92. The highest BCUT2D eigenvalue weighted by atomic mass is 19.1. The van der Waals surface area contributed by atoms with Crippen molar-refractivity contribution in [1.29, 1.82) is 0 Å². The summed E-state index contributed by atoms with van der Waals surface area (Å²) in [5.41, 5.74) is 4.95. The molecule has 0 spiro atoms. The predicted molar refractivity (Wildman–Crippen MR) is 60.6 cm³/mol. The van der Waals surface area contributed by atoms with Crippen LogP contribution < -0.4 is 16.4 Å². The zero-order valence-corrected chi connectivity index (χ0v) is 9.39. The van der Waals surface area contributed by atoms with Crippen LogP contribution in [0.25, 0.3) is 0 Å². The molecule has 0 aliphatic heterocycles. The Balaban J connectivity index is 2.61. The number of nitrogens with two attached hydrogens (primary N) is 1. The molecule has 1 heterocycles. The molecule has 1 aromatic heterocycles. The number of rotatable bonds is 6. The first kappa shape index (κ1) is 13.1. The highest BCUT2D eigenvalue weighted by Gasteiger charge is 2.10. The first-order valence-electron chi connectivity index (χ1n) is 5.10. The van der Waals surface area contributed by atoms with Crippen molar-refractivity contribution in [2.45, 2.75) is 12.8 Å². The molecule has 1 amide bonds. The second-order valence-electron chi connectivity index (χ2n) is 3.40. The molecule has 0 aliphatic rings. The second kappa shape index (κ2) is 5.97. The van der Waals surface area contributed by atoms with Gasteiger partial charge in [0.2, 0.25) is 5.91 Å². The molecule has 0 bridgehead atoms. The van der Waals surface area contributed by atoms with E-state index >= 15 is 0 Å². The Bertz CT molecular complexity index is 412. The standard InChI is InChI=1S/C10H14F2N4O/c1-14-9-6(11)5-7(12)10(16-9)15-4-2-3-8(13)17/h5H,2-4H2,1H3,(H2,13,17)(H2,14,15,16). The Morgan fingerprint density at radius 2 is 2.06 bits per heavy atom. The lowest BCUT2D eigenvalue weighted by molar-refractivity contribution is -0.118. The summed E-state index contributed by atoms with van der Waals surface area (Å²) in [4.78, 5) is 14.2. The van der Waals surface area contributed by atoms with Crippen LogP contribution in [0.1, 0.15) is 12.8 Å². The molecule has 94 valence electrons. The van der Waals surface area contributed by atoms with Gasteiger partial charge in [-0.1, -0.05) is 0 Å². The number of amides is 1. The van der Waals surface area contributed by atoms with E-state index in [2.05, 4.69) is 15.6 Å². The minimum atomic E-state index is -0.777. The summed E-state index contributed by atoms with van der Waals surface area (Å²) in [5, 5.41) is 5.17. The van der Waals surface area contributed by atoms with Gasteiger partial charge in [0.1, 0.15) is 0 Å². The molecule has 0 unspecified atom stereocenters. The molecule has 1 aromatic rings. The predicted octanol–water partition coefficient (Wildman–Crippen LogP) is 1.08. The number of carbonyl (C=O) groups excluding carboxylic acids is 1. The maximum Gasteiger partial charge on any atom is 0.217 e. The van der Waals surface area contributed by atoms with Gasteiger partial charge in [-0.3, -0.25) is 4.79 Å². The fourth-order valence-corrected chi connectivity index (χ4v) is 1.24. The third-order valence-corrected chi connectivity index (χ3v) is 2.06. The highest BCUT2D eigenvalue weighted by molar-refractivity contribution is 5.73. The Labute approximate surface area is 97.4 Å². The molecule has 0 aliphatic carbocycles. The van der Waals surface area contributed by atoms with Crippen LogP contribution >= 0.6 is 0 Å². The molecule has 0 fully saturated rings. The fraction of sp³-hybridized carbons (Fsp3) is 0.400. The maximum absolute atomic E-state index is 13.3. The van der Waals surface area contributed by atoms with Gasteiger partial charge in [0, 0.05) is 26.1 Å². The summed E-state index contributed by atoms with van der Waals surface area (Å²) in [6.45, 7) is 0.335. The van der Waals surface area contributed by atoms with Crippen molar-refractivity contribution in [2.24, 2.45) is 5.73 Å². The normalized spacial score (nSPS) is 10.1. The van der Waals surface area contributed by atoms with Crippen LogP contribution in [-0.4, -0.2) is 24.5 Å². The number of primary amides is 1. The van der Waals surface area contributed by atoms with E-state index in [0.717, 1.165) is 6.07 Å². The Morgan fingerprint density at radius 3 is 2.65 bits per heavy atom. The number of carbonyl (C=O) groups is 1. The number of nitrogens with one attached hydrogen (secondary N) is 2. The molecule has 0 radical (unpaired) electrons. The fourth-order valence-electron chi connectivity index (χ4n) is 1.24. The van der Waals surface area contributed by atoms with Crippen molar-refractivity contribution in [3.63, 3.8) is 0 Å². The van der Waals surface area contributed by atoms with Gasteiger partial charge in [-0.25, -0.2) is 13.8 Å². The minimum absolute atomic E-state index is 0.0381. The van der Waals surface area contributed by atoms with Crippen LogP contribution in [0.15, 0.2) is 6.07 Å². The maximum atomic E-state index is 13.3. The van der Waals surface area contributed by atoms with Crippen LogP contribution in [0.2, 0.25) is 0 Å². The van der Waals surface area contributed by atoms with Gasteiger partial charge in [0.25, 0.3) is 0 Å². The monoisotopic (exact) mass is 244 g/mol. The minimum Gasteiger partial charge on any atom is -0.371 e. The molecule has 0 atom stereocenters. The summed E-state index contributed by atoms with van der Waals surface area (Å²) in [6.07, 6.45) is 0.664. The van der Waals surface area contributed by atoms with Crippen LogP contribution in [0.4, 0.5) is 20.4 Å². The number of anilines is 2. The number of nitrogens with zero attached hydrogens (tertiary/aromatic N) is 1. The molecule has 0 saturated heterocycles. The van der Waals surface area contributed by atoms with Crippen molar-refractivity contribution in [3.8, 4) is 0 Å². The van der Waals surface area contributed by atoms with Gasteiger partial charge in [0.15, 0.2) is 23.3 Å². The zero-order valence-electron chi connectivity index (χ0n) is 9.39. The molecular weight excluding hydrogens is 230 g/mol. The molecule has 0 aromatic carbocycles. The summed E-state index contributed by atoms with van der Waals surface area (Å²) >= 11 is 0. The van der Waals surface area contributed by atoms with Gasteiger partial charge in [-0.05, 0) is 6.42 Å².